The lowest BCUT2D eigenvalue weighted by atomic mass is 9.78. The molecule has 2 spiro atoms. The first kappa shape index (κ1) is 56.5. The average Bonchev–Trinajstić information content (AvgIpc) is 3.96. The summed E-state index contributed by atoms with van der Waals surface area (Å²) >= 11 is 0. The highest BCUT2D eigenvalue weighted by Gasteiger charge is 2.59. The monoisotopic (exact) mass is 915 g/mol. The fourth-order valence-electron chi connectivity index (χ4n) is 13.2. The van der Waals surface area contributed by atoms with Crippen molar-refractivity contribution in [1.82, 2.24) is 0 Å². The fourth-order valence-corrected chi connectivity index (χ4v) is 13.2. The maximum absolute atomic E-state index is 12.6. The van der Waals surface area contributed by atoms with E-state index in [9.17, 15) is 17.6 Å². The van der Waals surface area contributed by atoms with Gasteiger partial charge in [-0.1, -0.05) is 169 Å². The predicted octanol–water partition coefficient (Wildman–Crippen LogP) is 20.2. The molecule has 1 aromatic carbocycles. The van der Waals surface area contributed by atoms with Gasteiger partial charge in [0.15, 0.2) is 0 Å². The maximum Gasteiger partial charge on any atom is 0.251 e. The molecule has 65 heavy (non-hydrogen) atoms. The van der Waals surface area contributed by atoms with Crippen LogP contribution in [0.4, 0.5) is 17.6 Å². The van der Waals surface area contributed by atoms with Crippen LogP contribution in [0.3, 0.4) is 0 Å². The highest BCUT2D eigenvalue weighted by atomic mass is 19.3. The summed E-state index contributed by atoms with van der Waals surface area (Å²) in [5.41, 5.74) is 3.81. The predicted molar refractivity (Wildman–Crippen MR) is 274 cm³/mol. The Morgan fingerprint density at radius 1 is 0.492 bits per heavy atom. The molecule has 4 heteroatoms. The number of benzene rings is 1. The van der Waals surface area contributed by atoms with Crippen molar-refractivity contribution in [3.63, 3.8) is 0 Å². The van der Waals surface area contributed by atoms with Gasteiger partial charge in [-0.25, -0.2) is 17.6 Å². The molecule has 0 radical (unpaired) electrons. The van der Waals surface area contributed by atoms with Crippen LogP contribution < -0.4 is 0 Å². The third-order valence-corrected chi connectivity index (χ3v) is 19.4. The van der Waals surface area contributed by atoms with Crippen molar-refractivity contribution in [3.05, 3.63) is 35.6 Å². The molecule has 7 unspecified atom stereocenters. The Balaban J connectivity index is 0.000000167. The Kier molecular flexibility index (Phi) is 19.4. The molecule has 9 aliphatic rings. The van der Waals surface area contributed by atoms with E-state index in [0.29, 0.717) is 11.3 Å². The Hall–Kier alpha value is -1.06. The maximum atomic E-state index is 12.6. The largest absolute Gasteiger partial charge is 0.251 e. The van der Waals surface area contributed by atoms with Crippen LogP contribution in [-0.2, 0) is 0 Å². The molecule has 0 N–H and O–H groups in total. The van der Waals surface area contributed by atoms with Crippen molar-refractivity contribution in [2.24, 2.45) is 98.6 Å². The smallest absolute Gasteiger partial charge is 0.244 e. The summed E-state index contributed by atoms with van der Waals surface area (Å²) < 4.78 is 49.3. The summed E-state index contributed by atoms with van der Waals surface area (Å²) in [4.78, 5) is 0. The van der Waals surface area contributed by atoms with Gasteiger partial charge in [0, 0.05) is 12.3 Å². The number of alkyl halides is 3. The minimum absolute atomic E-state index is 0.116. The zero-order valence-corrected chi connectivity index (χ0v) is 45.9. The average molecular weight is 916 g/mol. The number of hydrogen-bond donors (Lipinski definition) is 0. The molecular formula is C61H106F4. The Morgan fingerprint density at radius 2 is 0.892 bits per heavy atom. The van der Waals surface area contributed by atoms with E-state index in [4.69, 9.17) is 0 Å². The van der Waals surface area contributed by atoms with E-state index >= 15 is 0 Å². The molecule has 7 atom stereocenters. The van der Waals surface area contributed by atoms with Gasteiger partial charge in [0.25, 0.3) is 5.92 Å². The lowest BCUT2D eigenvalue weighted by Gasteiger charge is -2.27. The van der Waals surface area contributed by atoms with Gasteiger partial charge >= 0.3 is 0 Å². The molecule has 0 nitrogen and oxygen atoms in total. The molecule has 9 saturated carbocycles. The Labute approximate surface area is 401 Å². The van der Waals surface area contributed by atoms with Crippen LogP contribution in [0.15, 0.2) is 24.3 Å². The summed E-state index contributed by atoms with van der Waals surface area (Å²) in [5, 5.41) is 0. The molecule has 0 aromatic heterocycles. The number of hydrogen-bond acceptors (Lipinski definition) is 0. The second kappa shape index (κ2) is 22.4. The van der Waals surface area contributed by atoms with Crippen LogP contribution in [0.25, 0.3) is 0 Å². The molecule has 9 aliphatic carbocycles. The van der Waals surface area contributed by atoms with Gasteiger partial charge in [-0.05, 0) is 187 Å². The summed E-state index contributed by atoms with van der Waals surface area (Å²) in [7, 11) is 0. The standard InChI is InChI=1S/C12H15F.C10H18.C10H20.C9H16.C8H16.C6H10F2.C6H11F/c1-8(2)11-7-12(11)9-3-5-10(13)6-4-9;1-8(2)9-7-10(9)5-3-4-6-10;1-5-10(6-2)7-9(10)8(3)4;1-7(2)8-6-9(8)4-3-5-9;1-6(2)7-5-8(7,3)4;1-4(2)5-3-6(5,7)8;1-5(2)6(7)3-4-6/h3-6,8,11-12H,7H2,1-2H3;8-9H,3-7H2,1-2H3;8-9H,5-7H2,1-4H3;7-8H,3-6H2,1-2H3;6-7H,5H2,1-4H3;4-5H,3H2,1-2H3;5H,3-4H2,1-2H3. The van der Waals surface area contributed by atoms with Crippen LogP contribution >= 0.6 is 0 Å². The molecule has 0 heterocycles. The van der Waals surface area contributed by atoms with E-state index < -0.39 is 11.6 Å². The van der Waals surface area contributed by atoms with Crippen LogP contribution in [0.2, 0.25) is 0 Å². The second-order valence-electron chi connectivity index (χ2n) is 26.9. The van der Waals surface area contributed by atoms with E-state index in [1.165, 1.54) is 56.9 Å². The molecule has 0 aliphatic heterocycles. The van der Waals surface area contributed by atoms with Gasteiger partial charge in [-0.3, -0.25) is 0 Å². The number of halogens is 4. The van der Waals surface area contributed by atoms with Gasteiger partial charge in [0.1, 0.15) is 11.5 Å². The van der Waals surface area contributed by atoms with Crippen LogP contribution in [0.5, 0.6) is 0 Å². The molecule has 10 rings (SSSR count). The van der Waals surface area contributed by atoms with E-state index in [-0.39, 0.29) is 30.0 Å². The van der Waals surface area contributed by atoms with Gasteiger partial charge in [-0.2, -0.15) is 0 Å². The highest BCUT2D eigenvalue weighted by molar-refractivity contribution is 5.26. The van der Waals surface area contributed by atoms with Crippen molar-refractivity contribution in [3.8, 4) is 0 Å². The summed E-state index contributed by atoms with van der Waals surface area (Å²) in [6.07, 6.45) is 22.6. The van der Waals surface area contributed by atoms with Crippen molar-refractivity contribution in [1.29, 1.82) is 0 Å². The van der Waals surface area contributed by atoms with E-state index in [2.05, 4.69) is 96.9 Å². The van der Waals surface area contributed by atoms with Crippen molar-refractivity contribution >= 4 is 0 Å². The van der Waals surface area contributed by atoms with Gasteiger partial charge in [-0.15, -0.1) is 0 Å². The topological polar surface area (TPSA) is 0 Å². The minimum Gasteiger partial charge on any atom is -0.244 e. The normalized spacial score (nSPS) is 31.4. The molecule has 378 valence electrons. The summed E-state index contributed by atoms with van der Waals surface area (Å²) in [5.74, 6) is 7.94. The lowest BCUT2D eigenvalue weighted by molar-refractivity contribution is 0.0889. The molecular weight excluding hydrogens is 809 g/mol. The van der Waals surface area contributed by atoms with Crippen LogP contribution in [0.1, 0.15) is 245 Å². The van der Waals surface area contributed by atoms with E-state index in [1.807, 2.05) is 39.8 Å². The quantitative estimate of drug-likeness (QED) is 0.205. The number of rotatable bonds is 10. The summed E-state index contributed by atoms with van der Waals surface area (Å²) in [6, 6.07) is 6.96. The molecule has 1 aromatic rings. The second-order valence-corrected chi connectivity index (χ2v) is 26.9. The van der Waals surface area contributed by atoms with Gasteiger partial charge < -0.3 is 0 Å². The Bertz CT molecular complexity index is 1500. The lowest BCUT2D eigenvalue weighted by Crippen LogP contribution is -2.16. The third kappa shape index (κ3) is 15.7. The van der Waals surface area contributed by atoms with Gasteiger partial charge in [0.05, 0.1) is 0 Å². The highest BCUT2D eigenvalue weighted by Crippen LogP contribution is 2.68. The first-order valence-corrected chi connectivity index (χ1v) is 27.9. The molecule has 0 amide bonds. The van der Waals surface area contributed by atoms with Crippen LogP contribution in [-0.4, -0.2) is 11.6 Å². The third-order valence-electron chi connectivity index (χ3n) is 19.4. The molecule has 0 saturated heterocycles. The van der Waals surface area contributed by atoms with E-state index in [1.54, 1.807) is 50.7 Å². The first-order chi connectivity index (χ1) is 30.1. The van der Waals surface area contributed by atoms with Crippen LogP contribution in [0, 0.1) is 104 Å². The Morgan fingerprint density at radius 3 is 1.06 bits per heavy atom. The minimum atomic E-state index is -2.31. The van der Waals surface area contributed by atoms with E-state index in [0.717, 1.165) is 88.3 Å². The zero-order chi connectivity index (χ0) is 49.1. The summed E-state index contributed by atoms with van der Waals surface area (Å²) in [6.45, 7) is 40.3. The molecule has 9 fully saturated rings. The van der Waals surface area contributed by atoms with Crippen molar-refractivity contribution in [2.75, 3.05) is 0 Å². The zero-order valence-electron chi connectivity index (χ0n) is 45.9. The van der Waals surface area contributed by atoms with Crippen molar-refractivity contribution < 1.29 is 17.6 Å². The fraction of sp³-hybridized carbons (Fsp3) is 0.902. The van der Waals surface area contributed by atoms with Crippen molar-refractivity contribution in [2.45, 2.75) is 251 Å². The van der Waals surface area contributed by atoms with Gasteiger partial charge in [0.2, 0.25) is 0 Å². The first-order valence-electron chi connectivity index (χ1n) is 27.9. The SMILES string of the molecule is CC(C)C1(F)CC1.CC(C)C1CC1(C)C.CC(C)C1CC1(F)F.CC(C)C1CC12CCC2.CC(C)C1CC12CCCC2.CC(C)C1CC1c1ccc(F)cc1.CCC1(CC)CC1C(C)C. The molecule has 0 bridgehead atoms.